The fraction of sp³-hybridized carbons (Fsp3) is 0.250. The van der Waals surface area contributed by atoms with Crippen LogP contribution >= 0.6 is 0 Å². The fourth-order valence-corrected chi connectivity index (χ4v) is 1.54. The van der Waals surface area contributed by atoms with E-state index < -0.39 is 0 Å². The number of fused-ring (bicyclic) bond motifs is 1. The van der Waals surface area contributed by atoms with E-state index in [-0.39, 0.29) is 11.9 Å². The molecular formula is C12H15N3O. The van der Waals surface area contributed by atoms with Crippen LogP contribution in [0.5, 0.6) is 0 Å². The molecule has 84 valence electrons. The molecule has 0 fully saturated rings. The van der Waals surface area contributed by atoms with Gasteiger partial charge in [-0.15, -0.1) is 0 Å². The number of benzene rings is 1. The Morgan fingerprint density at radius 1 is 1.31 bits per heavy atom. The van der Waals surface area contributed by atoms with Crippen LogP contribution in [-0.4, -0.2) is 16.9 Å². The molecule has 0 aliphatic heterocycles. The summed E-state index contributed by atoms with van der Waals surface area (Å²) < 4.78 is 0. The molecule has 16 heavy (non-hydrogen) atoms. The summed E-state index contributed by atoms with van der Waals surface area (Å²) in [6, 6.07) is 7.95. The van der Waals surface area contributed by atoms with Crippen LogP contribution in [0.1, 0.15) is 24.2 Å². The van der Waals surface area contributed by atoms with E-state index in [1.807, 2.05) is 38.1 Å². The van der Waals surface area contributed by atoms with Crippen molar-refractivity contribution < 1.29 is 4.79 Å². The van der Waals surface area contributed by atoms with E-state index in [1.54, 1.807) is 6.20 Å². The van der Waals surface area contributed by atoms with Crippen LogP contribution in [0.15, 0.2) is 30.5 Å². The lowest BCUT2D eigenvalue weighted by atomic mass is 10.2. The molecule has 0 aliphatic carbocycles. The number of H-pyrrole nitrogens is 1. The quantitative estimate of drug-likeness (QED) is 0.687. The number of aromatic nitrogens is 1. The minimum atomic E-state index is -0.119. The topological polar surface area (TPSA) is 56.9 Å². The third kappa shape index (κ3) is 2.06. The van der Waals surface area contributed by atoms with Crippen LogP contribution in [0.4, 0.5) is 0 Å². The molecule has 3 N–H and O–H groups in total. The third-order valence-corrected chi connectivity index (χ3v) is 2.31. The Kier molecular flexibility index (Phi) is 2.92. The van der Waals surface area contributed by atoms with Crippen molar-refractivity contribution in [3.63, 3.8) is 0 Å². The van der Waals surface area contributed by atoms with E-state index >= 15 is 0 Å². The number of nitrogens with one attached hydrogen (secondary N) is 3. The molecule has 0 bridgehead atoms. The SMILES string of the molecule is CC(C)NNC(=O)c1c[nH]c2ccccc12. The summed E-state index contributed by atoms with van der Waals surface area (Å²) in [5, 5.41) is 0.936. The first-order valence-corrected chi connectivity index (χ1v) is 5.30. The summed E-state index contributed by atoms with van der Waals surface area (Å²) in [6.07, 6.45) is 1.72. The number of carbonyl (C=O) groups excluding carboxylic acids is 1. The van der Waals surface area contributed by atoms with Gasteiger partial charge >= 0.3 is 0 Å². The lowest BCUT2D eigenvalue weighted by Crippen LogP contribution is -2.41. The van der Waals surface area contributed by atoms with E-state index in [9.17, 15) is 4.79 Å². The summed E-state index contributed by atoms with van der Waals surface area (Å²) in [4.78, 5) is 14.9. The van der Waals surface area contributed by atoms with Gasteiger partial charge in [0.1, 0.15) is 0 Å². The molecule has 1 aromatic carbocycles. The highest BCUT2D eigenvalue weighted by molar-refractivity contribution is 6.06. The van der Waals surface area contributed by atoms with Gasteiger partial charge in [0.25, 0.3) is 5.91 Å². The number of hydrazine groups is 1. The van der Waals surface area contributed by atoms with Gasteiger partial charge in [0.15, 0.2) is 0 Å². The summed E-state index contributed by atoms with van der Waals surface area (Å²) >= 11 is 0. The van der Waals surface area contributed by atoms with Gasteiger partial charge in [-0.3, -0.25) is 10.2 Å². The van der Waals surface area contributed by atoms with Crippen molar-refractivity contribution in [2.24, 2.45) is 0 Å². The van der Waals surface area contributed by atoms with Gasteiger partial charge in [-0.25, -0.2) is 5.43 Å². The normalized spacial score (nSPS) is 10.9. The van der Waals surface area contributed by atoms with Gasteiger partial charge in [-0.2, -0.15) is 0 Å². The van der Waals surface area contributed by atoms with Crippen molar-refractivity contribution in [1.82, 2.24) is 15.8 Å². The maximum Gasteiger partial charge on any atom is 0.267 e. The largest absolute Gasteiger partial charge is 0.360 e. The predicted molar refractivity (Wildman–Crippen MR) is 64.0 cm³/mol. The molecular weight excluding hydrogens is 202 g/mol. The maximum absolute atomic E-state index is 11.8. The number of hydrogen-bond acceptors (Lipinski definition) is 2. The third-order valence-electron chi connectivity index (χ3n) is 2.31. The molecule has 0 radical (unpaired) electrons. The molecule has 4 nitrogen and oxygen atoms in total. The maximum atomic E-state index is 11.8. The summed E-state index contributed by atoms with van der Waals surface area (Å²) in [5.74, 6) is -0.119. The van der Waals surface area contributed by atoms with Crippen LogP contribution in [-0.2, 0) is 0 Å². The second kappa shape index (κ2) is 4.37. The Hall–Kier alpha value is -1.81. The zero-order valence-electron chi connectivity index (χ0n) is 9.37. The second-order valence-corrected chi connectivity index (χ2v) is 4.00. The highest BCUT2D eigenvalue weighted by atomic mass is 16.2. The van der Waals surface area contributed by atoms with Gasteiger partial charge < -0.3 is 4.98 Å². The molecule has 0 unspecified atom stereocenters. The number of aromatic amines is 1. The van der Waals surface area contributed by atoms with Crippen LogP contribution in [0.2, 0.25) is 0 Å². The van der Waals surface area contributed by atoms with Crippen molar-refractivity contribution in [3.8, 4) is 0 Å². The van der Waals surface area contributed by atoms with E-state index in [4.69, 9.17) is 0 Å². The van der Waals surface area contributed by atoms with Crippen molar-refractivity contribution in [3.05, 3.63) is 36.0 Å². The highest BCUT2D eigenvalue weighted by Crippen LogP contribution is 2.16. The molecule has 1 aromatic heterocycles. The highest BCUT2D eigenvalue weighted by Gasteiger charge is 2.10. The molecule has 4 heteroatoms. The number of hydrogen-bond donors (Lipinski definition) is 3. The first-order chi connectivity index (χ1) is 7.68. The second-order valence-electron chi connectivity index (χ2n) is 4.00. The number of rotatable bonds is 3. The van der Waals surface area contributed by atoms with E-state index in [0.717, 1.165) is 10.9 Å². The van der Waals surface area contributed by atoms with Crippen LogP contribution in [0.25, 0.3) is 10.9 Å². The van der Waals surface area contributed by atoms with Crippen molar-refractivity contribution in [1.29, 1.82) is 0 Å². The Balaban J connectivity index is 2.23. The van der Waals surface area contributed by atoms with Crippen LogP contribution in [0.3, 0.4) is 0 Å². The van der Waals surface area contributed by atoms with Crippen LogP contribution < -0.4 is 10.9 Å². The van der Waals surface area contributed by atoms with Gasteiger partial charge in [0, 0.05) is 23.1 Å². The zero-order chi connectivity index (χ0) is 11.5. The molecule has 0 saturated heterocycles. The molecule has 1 amide bonds. The lowest BCUT2D eigenvalue weighted by molar-refractivity contribution is 0.0929. The number of amides is 1. The molecule has 1 heterocycles. The predicted octanol–water partition coefficient (Wildman–Crippen LogP) is 1.81. The Morgan fingerprint density at radius 2 is 2.06 bits per heavy atom. The Bertz CT molecular complexity index is 502. The fourth-order valence-electron chi connectivity index (χ4n) is 1.54. The minimum absolute atomic E-state index is 0.119. The Morgan fingerprint density at radius 3 is 2.81 bits per heavy atom. The zero-order valence-corrected chi connectivity index (χ0v) is 9.37. The van der Waals surface area contributed by atoms with Gasteiger partial charge in [0.2, 0.25) is 0 Å². The number of para-hydroxylation sites is 1. The molecule has 0 saturated carbocycles. The van der Waals surface area contributed by atoms with E-state index in [2.05, 4.69) is 15.8 Å². The van der Waals surface area contributed by atoms with Crippen molar-refractivity contribution >= 4 is 16.8 Å². The smallest absolute Gasteiger partial charge is 0.267 e. The number of carbonyl (C=O) groups is 1. The van der Waals surface area contributed by atoms with Crippen molar-refractivity contribution in [2.45, 2.75) is 19.9 Å². The van der Waals surface area contributed by atoms with Gasteiger partial charge in [0.05, 0.1) is 5.56 Å². The van der Waals surface area contributed by atoms with Crippen LogP contribution in [0, 0.1) is 0 Å². The minimum Gasteiger partial charge on any atom is -0.360 e. The van der Waals surface area contributed by atoms with E-state index in [1.165, 1.54) is 0 Å². The van der Waals surface area contributed by atoms with Crippen molar-refractivity contribution in [2.75, 3.05) is 0 Å². The average Bonchev–Trinajstić information content (AvgIpc) is 2.69. The molecule has 2 aromatic rings. The van der Waals surface area contributed by atoms with Gasteiger partial charge in [-0.1, -0.05) is 18.2 Å². The standard InChI is InChI=1S/C12H15N3O/c1-8(2)14-15-12(16)10-7-13-11-6-4-3-5-9(10)11/h3-8,13-14H,1-2H3,(H,15,16). The summed E-state index contributed by atoms with van der Waals surface area (Å²) in [5.41, 5.74) is 7.18. The average molecular weight is 217 g/mol. The summed E-state index contributed by atoms with van der Waals surface area (Å²) in [7, 11) is 0. The monoisotopic (exact) mass is 217 g/mol. The van der Waals surface area contributed by atoms with E-state index in [0.29, 0.717) is 5.56 Å². The lowest BCUT2D eigenvalue weighted by Gasteiger charge is -2.08. The summed E-state index contributed by atoms with van der Waals surface area (Å²) in [6.45, 7) is 3.94. The van der Waals surface area contributed by atoms with Gasteiger partial charge in [-0.05, 0) is 19.9 Å². The molecule has 2 rings (SSSR count). The first kappa shape index (κ1) is 10.7. The first-order valence-electron chi connectivity index (χ1n) is 5.30. The molecule has 0 atom stereocenters. The molecule has 0 spiro atoms. The Labute approximate surface area is 94.0 Å². The molecule has 0 aliphatic rings.